The molecule has 7 heteroatoms. The maximum atomic E-state index is 12.4. The van der Waals surface area contributed by atoms with Gasteiger partial charge in [-0.3, -0.25) is 9.48 Å². The molecular weight excluding hydrogens is 292 g/mol. The van der Waals surface area contributed by atoms with Gasteiger partial charge < -0.3 is 10.2 Å². The smallest absolute Gasteiger partial charge is 0.257 e. The molecule has 118 valence electrons. The van der Waals surface area contributed by atoms with Crippen LogP contribution in [0, 0.1) is 17.2 Å². The van der Waals surface area contributed by atoms with Crippen molar-refractivity contribution >= 4 is 17.5 Å². The second kappa shape index (κ2) is 6.08. The number of carbonyl (C=O) groups is 1. The zero-order valence-corrected chi connectivity index (χ0v) is 13.2. The molecule has 23 heavy (non-hydrogen) atoms. The highest BCUT2D eigenvalue weighted by molar-refractivity contribution is 6.04. The van der Waals surface area contributed by atoms with Gasteiger partial charge in [0, 0.05) is 38.1 Å². The van der Waals surface area contributed by atoms with Crippen LogP contribution < -0.4 is 10.2 Å². The van der Waals surface area contributed by atoms with Gasteiger partial charge in [0.1, 0.15) is 17.5 Å². The third-order valence-electron chi connectivity index (χ3n) is 3.94. The van der Waals surface area contributed by atoms with Crippen LogP contribution in [0.5, 0.6) is 0 Å². The monoisotopic (exact) mass is 310 g/mol. The highest BCUT2D eigenvalue weighted by atomic mass is 16.1. The lowest BCUT2D eigenvalue weighted by Gasteiger charge is -2.17. The molecule has 0 spiro atoms. The van der Waals surface area contributed by atoms with Crippen molar-refractivity contribution in [1.82, 2.24) is 14.8 Å². The fourth-order valence-electron chi connectivity index (χ4n) is 2.72. The summed E-state index contributed by atoms with van der Waals surface area (Å²) >= 11 is 0. The zero-order valence-electron chi connectivity index (χ0n) is 13.2. The van der Waals surface area contributed by atoms with E-state index >= 15 is 0 Å². The SMILES string of the molecule is CC1CCN(c2cc(C(=O)Nc3nn(C)cc3C#N)ccn2)C1. The molecule has 1 saturated heterocycles. The summed E-state index contributed by atoms with van der Waals surface area (Å²) in [6.45, 7) is 4.12. The second-order valence-corrected chi connectivity index (χ2v) is 5.87. The van der Waals surface area contributed by atoms with Gasteiger partial charge in [0.15, 0.2) is 5.82 Å². The van der Waals surface area contributed by atoms with E-state index in [0.717, 1.165) is 25.3 Å². The van der Waals surface area contributed by atoms with Gasteiger partial charge in [-0.1, -0.05) is 6.92 Å². The van der Waals surface area contributed by atoms with Crippen molar-refractivity contribution in [3.05, 3.63) is 35.7 Å². The molecule has 0 aliphatic carbocycles. The molecule has 7 nitrogen and oxygen atoms in total. The molecule has 3 heterocycles. The zero-order chi connectivity index (χ0) is 16.4. The molecule has 1 amide bonds. The van der Waals surface area contributed by atoms with Crippen molar-refractivity contribution < 1.29 is 4.79 Å². The number of hydrogen-bond acceptors (Lipinski definition) is 5. The number of pyridine rings is 1. The minimum absolute atomic E-state index is 0.271. The number of nitriles is 1. The first-order valence-electron chi connectivity index (χ1n) is 7.53. The van der Waals surface area contributed by atoms with Crippen molar-refractivity contribution in [1.29, 1.82) is 5.26 Å². The van der Waals surface area contributed by atoms with Crippen molar-refractivity contribution in [3.63, 3.8) is 0 Å². The minimum atomic E-state index is -0.295. The molecule has 1 fully saturated rings. The summed E-state index contributed by atoms with van der Waals surface area (Å²) in [5, 5.41) is 15.8. The van der Waals surface area contributed by atoms with Crippen LogP contribution >= 0.6 is 0 Å². The van der Waals surface area contributed by atoms with Crippen LogP contribution in [0.4, 0.5) is 11.6 Å². The van der Waals surface area contributed by atoms with Gasteiger partial charge in [-0.15, -0.1) is 0 Å². The first-order chi connectivity index (χ1) is 11.1. The number of rotatable bonds is 3. The van der Waals surface area contributed by atoms with Gasteiger partial charge in [-0.25, -0.2) is 4.98 Å². The fourth-order valence-corrected chi connectivity index (χ4v) is 2.72. The number of aromatic nitrogens is 3. The molecule has 1 aliphatic rings. The quantitative estimate of drug-likeness (QED) is 0.934. The number of amides is 1. The van der Waals surface area contributed by atoms with E-state index in [0.29, 0.717) is 17.0 Å². The highest BCUT2D eigenvalue weighted by Gasteiger charge is 2.21. The average molecular weight is 310 g/mol. The van der Waals surface area contributed by atoms with Gasteiger partial charge in [0.05, 0.1) is 0 Å². The number of anilines is 2. The Kier molecular flexibility index (Phi) is 3.98. The standard InChI is InChI=1S/C16H18N6O/c1-11-4-6-22(9-11)14-7-12(3-5-18-14)16(23)19-15-13(8-17)10-21(2)20-15/h3,5,7,10-11H,4,6,9H2,1-2H3,(H,19,20,23). The van der Waals surface area contributed by atoms with E-state index in [9.17, 15) is 4.79 Å². The van der Waals surface area contributed by atoms with Crippen molar-refractivity contribution in [2.75, 3.05) is 23.3 Å². The lowest BCUT2D eigenvalue weighted by Crippen LogP contribution is -2.21. The van der Waals surface area contributed by atoms with Crippen LogP contribution in [0.25, 0.3) is 0 Å². The Balaban J connectivity index is 1.79. The van der Waals surface area contributed by atoms with Crippen LogP contribution in [0.3, 0.4) is 0 Å². The molecular formula is C16H18N6O. The van der Waals surface area contributed by atoms with E-state index in [4.69, 9.17) is 5.26 Å². The first kappa shape index (κ1) is 15.0. The molecule has 3 rings (SSSR count). The topological polar surface area (TPSA) is 86.8 Å². The third kappa shape index (κ3) is 3.16. The van der Waals surface area contributed by atoms with Crippen LogP contribution in [-0.2, 0) is 7.05 Å². The summed E-state index contributed by atoms with van der Waals surface area (Å²) in [6.07, 6.45) is 4.34. The molecule has 0 aromatic carbocycles. The summed E-state index contributed by atoms with van der Waals surface area (Å²) < 4.78 is 1.50. The van der Waals surface area contributed by atoms with E-state index < -0.39 is 0 Å². The van der Waals surface area contributed by atoms with Gasteiger partial charge in [0.25, 0.3) is 5.91 Å². The fraction of sp³-hybridized carbons (Fsp3) is 0.375. The lowest BCUT2D eigenvalue weighted by atomic mass is 10.2. The summed E-state index contributed by atoms with van der Waals surface area (Å²) in [6, 6.07) is 5.46. The number of nitrogens with one attached hydrogen (secondary N) is 1. The molecule has 0 saturated carbocycles. The maximum absolute atomic E-state index is 12.4. The maximum Gasteiger partial charge on any atom is 0.257 e. The average Bonchev–Trinajstić information content (AvgIpc) is 3.13. The Morgan fingerprint density at radius 3 is 3.04 bits per heavy atom. The predicted octanol–water partition coefficient (Wildman–Crippen LogP) is 1.79. The van der Waals surface area contributed by atoms with E-state index in [2.05, 4.69) is 27.2 Å². The number of hydrogen-bond donors (Lipinski definition) is 1. The molecule has 0 bridgehead atoms. The predicted molar refractivity (Wildman–Crippen MR) is 86.1 cm³/mol. The van der Waals surface area contributed by atoms with Crippen LogP contribution in [0.2, 0.25) is 0 Å². The molecule has 0 radical (unpaired) electrons. The van der Waals surface area contributed by atoms with Crippen molar-refractivity contribution in [3.8, 4) is 6.07 Å². The highest BCUT2D eigenvalue weighted by Crippen LogP contribution is 2.22. The summed E-state index contributed by atoms with van der Waals surface area (Å²) in [4.78, 5) is 18.9. The number of nitrogens with zero attached hydrogens (tertiary/aromatic N) is 5. The van der Waals surface area contributed by atoms with Gasteiger partial charge in [0.2, 0.25) is 0 Å². The summed E-state index contributed by atoms with van der Waals surface area (Å²) in [5.74, 6) is 1.42. The molecule has 1 atom stereocenters. The molecule has 2 aromatic rings. The van der Waals surface area contributed by atoms with Gasteiger partial charge in [-0.2, -0.15) is 10.4 Å². The van der Waals surface area contributed by atoms with E-state index in [1.807, 2.05) is 6.07 Å². The molecule has 1 aliphatic heterocycles. The molecule has 2 aromatic heterocycles. The Morgan fingerprint density at radius 2 is 2.35 bits per heavy atom. The molecule has 1 unspecified atom stereocenters. The normalized spacial score (nSPS) is 17.1. The van der Waals surface area contributed by atoms with E-state index in [1.165, 1.54) is 4.68 Å². The Hall–Kier alpha value is -2.88. The Morgan fingerprint density at radius 1 is 1.52 bits per heavy atom. The van der Waals surface area contributed by atoms with Crippen LogP contribution in [0.1, 0.15) is 29.3 Å². The second-order valence-electron chi connectivity index (χ2n) is 5.87. The van der Waals surface area contributed by atoms with E-state index in [-0.39, 0.29) is 11.7 Å². The van der Waals surface area contributed by atoms with Gasteiger partial charge >= 0.3 is 0 Å². The number of carbonyl (C=O) groups excluding carboxylic acids is 1. The van der Waals surface area contributed by atoms with Gasteiger partial charge in [-0.05, 0) is 24.5 Å². The Labute approximate surface area is 134 Å². The first-order valence-corrected chi connectivity index (χ1v) is 7.53. The minimum Gasteiger partial charge on any atom is -0.356 e. The lowest BCUT2D eigenvalue weighted by molar-refractivity contribution is 0.102. The van der Waals surface area contributed by atoms with Crippen molar-refractivity contribution in [2.45, 2.75) is 13.3 Å². The number of aryl methyl sites for hydroxylation is 1. The summed E-state index contributed by atoms with van der Waals surface area (Å²) in [5.41, 5.74) is 0.840. The molecule has 1 N–H and O–H groups in total. The van der Waals surface area contributed by atoms with Crippen molar-refractivity contribution in [2.24, 2.45) is 13.0 Å². The van der Waals surface area contributed by atoms with Crippen LogP contribution in [-0.4, -0.2) is 33.8 Å². The largest absolute Gasteiger partial charge is 0.356 e. The third-order valence-corrected chi connectivity index (χ3v) is 3.94. The Bertz CT molecular complexity index is 775. The summed E-state index contributed by atoms with van der Waals surface area (Å²) in [7, 11) is 1.70. The van der Waals surface area contributed by atoms with Crippen LogP contribution in [0.15, 0.2) is 24.5 Å². The van der Waals surface area contributed by atoms with E-state index in [1.54, 1.807) is 31.6 Å².